The Hall–Kier alpha value is -3.26. The van der Waals surface area contributed by atoms with E-state index in [-0.39, 0.29) is 44.6 Å². The molecule has 7 aromatic carbocycles. The summed E-state index contributed by atoms with van der Waals surface area (Å²) in [6.45, 7) is 1.72. The predicted molar refractivity (Wildman–Crippen MR) is 255 cm³/mol. The standard InChI is InChI=1S/2C18H15As.C9H7NO2.4F3P.2Rh/c2*1-4-10-16(11-5-1)19(17-12-6-2-7-13-17)18-14-8-3-9-15-18;1-2-3-8-4-6-9(7-5-8)10(11)12;4*1-4(2)3;;/h2*1-15H;4-7H,1H3;;;;;;. The molecule has 0 aliphatic rings. The van der Waals surface area contributed by atoms with E-state index in [4.69, 9.17) is 0 Å². The quantitative estimate of drug-likeness (QED) is 0.0399. The van der Waals surface area contributed by atoms with E-state index in [1.807, 2.05) is 0 Å². The predicted octanol–water partition coefficient (Wildman–Crippen LogP) is 14.9. The molecule has 0 amide bonds. The van der Waals surface area contributed by atoms with Crippen molar-refractivity contribution in [1.82, 2.24) is 0 Å². The van der Waals surface area contributed by atoms with Gasteiger partial charge in [-0.05, 0) is 19.1 Å². The molecule has 0 atom stereocenters. The number of nitro groups is 1. The van der Waals surface area contributed by atoms with Crippen molar-refractivity contribution in [2.45, 2.75) is 6.92 Å². The van der Waals surface area contributed by atoms with Gasteiger partial charge in [0.25, 0.3) is 5.69 Å². The van der Waals surface area contributed by atoms with Crippen molar-refractivity contribution < 1.29 is 94.2 Å². The first-order chi connectivity index (χ1) is 31.6. The molecule has 0 aromatic heterocycles. The third-order valence-electron chi connectivity index (χ3n) is 7.43. The van der Waals surface area contributed by atoms with Gasteiger partial charge in [-0.1, -0.05) is 5.92 Å². The van der Waals surface area contributed by atoms with E-state index < -0.39 is 69.6 Å². The van der Waals surface area contributed by atoms with Crippen LogP contribution in [0.4, 0.5) is 56.1 Å². The van der Waals surface area contributed by atoms with E-state index >= 15 is 0 Å². The van der Waals surface area contributed by atoms with Gasteiger partial charge in [-0.25, -0.2) is 0 Å². The number of non-ortho nitro benzene ring substituents is 1. The number of halogens is 12. The normalized spacial score (nSPS) is 9.51. The second kappa shape index (κ2) is 41.5. The van der Waals surface area contributed by atoms with E-state index in [1.165, 1.54) is 38.2 Å². The zero-order valence-corrected chi connectivity index (χ0v) is 45.4. The van der Waals surface area contributed by atoms with E-state index in [9.17, 15) is 60.5 Å². The topological polar surface area (TPSA) is 43.1 Å². The molecular formula is C45H37As2F12NO2P4Rh2. The maximum atomic E-state index is 10.2. The van der Waals surface area contributed by atoms with Crippen molar-refractivity contribution in [3.63, 3.8) is 0 Å². The summed E-state index contributed by atoms with van der Waals surface area (Å²) < 4.78 is 126. The van der Waals surface area contributed by atoms with Crippen molar-refractivity contribution in [1.29, 1.82) is 0 Å². The molecule has 0 fully saturated rings. The van der Waals surface area contributed by atoms with E-state index in [1.54, 1.807) is 19.1 Å². The average Bonchev–Trinajstić information content (AvgIpc) is 3.29. The average molecular weight is 1330 g/mol. The Morgan fingerprint density at radius 2 is 0.544 bits per heavy atom. The Balaban J connectivity index is 0. The third kappa shape index (κ3) is 32.5. The number of rotatable bonds is 7. The number of nitro benzene ring substituents is 1. The van der Waals surface area contributed by atoms with Crippen molar-refractivity contribution in [2.24, 2.45) is 0 Å². The van der Waals surface area contributed by atoms with Crippen molar-refractivity contribution in [3.05, 3.63) is 222 Å². The van der Waals surface area contributed by atoms with Gasteiger partial charge < -0.3 is 0 Å². The molecule has 7 aromatic rings. The molecule has 0 aliphatic carbocycles. The van der Waals surface area contributed by atoms with Gasteiger partial charge in [-0.15, -0.1) is 5.92 Å². The second-order valence-corrected chi connectivity index (χ2v) is 22.5. The van der Waals surface area contributed by atoms with Gasteiger partial charge in [0, 0.05) is 56.7 Å². The number of benzene rings is 7. The van der Waals surface area contributed by atoms with Crippen LogP contribution in [0.3, 0.4) is 0 Å². The molecule has 68 heavy (non-hydrogen) atoms. The third-order valence-corrected chi connectivity index (χ3v) is 17.7. The van der Waals surface area contributed by atoms with Crippen LogP contribution >= 0.6 is 35.4 Å². The Labute approximate surface area is 428 Å². The van der Waals surface area contributed by atoms with Crippen LogP contribution in [0.1, 0.15) is 12.5 Å². The van der Waals surface area contributed by atoms with Crippen LogP contribution in [-0.2, 0) is 39.0 Å². The van der Waals surface area contributed by atoms with Gasteiger partial charge in [-0.3, -0.25) is 10.1 Å². The molecule has 7 rings (SSSR count). The Bertz CT molecular complexity index is 2010. The van der Waals surface area contributed by atoms with Crippen LogP contribution in [0, 0.1) is 22.0 Å². The molecular weight excluding hydrogens is 1290 g/mol. The molecule has 0 saturated heterocycles. The van der Waals surface area contributed by atoms with E-state index in [0.29, 0.717) is 0 Å². The molecule has 3 nitrogen and oxygen atoms in total. The number of hydrogen-bond acceptors (Lipinski definition) is 2. The molecule has 2 radical (unpaired) electrons. The molecule has 0 bridgehead atoms. The van der Waals surface area contributed by atoms with Crippen molar-refractivity contribution in [3.8, 4) is 11.8 Å². The van der Waals surface area contributed by atoms with Crippen LogP contribution in [0.15, 0.2) is 206 Å². The Morgan fingerprint density at radius 1 is 0.368 bits per heavy atom. The first-order valence-corrected chi connectivity index (χ1v) is 27.9. The van der Waals surface area contributed by atoms with Crippen molar-refractivity contribution >= 4 is 96.5 Å². The Morgan fingerprint density at radius 3 is 0.691 bits per heavy atom. The fourth-order valence-corrected chi connectivity index (χ4v) is 14.8. The minimum absolute atomic E-state index is 0. The van der Waals surface area contributed by atoms with E-state index in [0.717, 1.165) is 5.56 Å². The number of hydrogen-bond donors (Lipinski definition) is 0. The molecule has 0 N–H and O–H groups in total. The van der Waals surface area contributed by atoms with Crippen LogP contribution in [0.5, 0.6) is 0 Å². The minimum atomic E-state index is -4.12. The van der Waals surface area contributed by atoms with Gasteiger partial charge in [0.2, 0.25) is 0 Å². The molecule has 23 heteroatoms. The summed E-state index contributed by atoms with van der Waals surface area (Å²) in [5.41, 5.74) is 0.889. The first kappa shape index (κ1) is 66.8. The summed E-state index contributed by atoms with van der Waals surface area (Å²) in [4.78, 5) is 9.81. The summed E-state index contributed by atoms with van der Waals surface area (Å²) in [6.07, 6.45) is 0. The van der Waals surface area contributed by atoms with E-state index in [2.05, 4.69) is 194 Å². The van der Waals surface area contributed by atoms with Crippen LogP contribution in [-0.4, -0.2) is 34.2 Å². The van der Waals surface area contributed by atoms with Gasteiger partial charge in [0.15, 0.2) is 0 Å². The number of nitrogens with zero attached hydrogens (tertiary/aromatic N) is 1. The van der Waals surface area contributed by atoms with Gasteiger partial charge in [0.05, 0.1) is 4.92 Å². The van der Waals surface area contributed by atoms with Crippen LogP contribution in [0.2, 0.25) is 0 Å². The summed E-state index contributed by atoms with van der Waals surface area (Å²) in [6, 6.07) is 71.6. The van der Waals surface area contributed by atoms with Crippen LogP contribution in [0.25, 0.3) is 0 Å². The van der Waals surface area contributed by atoms with Gasteiger partial charge >= 0.3 is 273 Å². The monoisotopic (exact) mass is 1330 g/mol. The van der Waals surface area contributed by atoms with Crippen molar-refractivity contribution in [2.75, 3.05) is 0 Å². The summed E-state index contributed by atoms with van der Waals surface area (Å²) in [7, 11) is -16.5. The maximum absolute atomic E-state index is 10.2. The molecule has 366 valence electrons. The zero-order valence-electron chi connectivity index (χ0n) is 34.8. The molecule has 0 spiro atoms. The fraction of sp³-hybridized carbons (Fsp3) is 0.0222. The zero-order chi connectivity index (χ0) is 49.1. The second-order valence-electron chi connectivity index (χ2n) is 11.6. The molecule has 0 aliphatic heterocycles. The molecule has 0 saturated carbocycles. The Kier molecular flexibility index (Phi) is 40.8. The van der Waals surface area contributed by atoms with Crippen LogP contribution < -0.4 is 26.1 Å². The molecule has 0 unspecified atom stereocenters. The molecule has 0 heterocycles. The summed E-state index contributed by atoms with van der Waals surface area (Å²) in [5.74, 6) is 5.51. The SMILES string of the molecule is CC#Cc1ccc([N+](=O)[O-])cc1.FP(F)F.FP(F)F.FP(F)F.FP(F)F.[Rh].[Rh].c1ccc([As](c2ccccc2)c2ccccc2)cc1.c1ccc([As](c2ccccc2)c2ccccc2)cc1. The summed E-state index contributed by atoms with van der Waals surface area (Å²) in [5, 5.41) is 10.2. The fourth-order valence-electron chi connectivity index (χ4n) is 5.17. The van der Waals surface area contributed by atoms with Gasteiger partial charge in [0.1, 0.15) is 0 Å². The summed E-state index contributed by atoms with van der Waals surface area (Å²) >= 11 is -2.78. The van der Waals surface area contributed by atoms with Gasteiger partial charge in [-0.2, -0.15) is 50.4 Å². The first-order valence-electron chi connectivity index (χ1n) is 18.2.